The second kappa shape index (κ2) is 8.67. The maximum absolute atomic E-state index is 5.81. The van der Waals surface area contributed by atoms with Crippen LogP contribution in [0.2, 0.25) is 0 Å². The topological polar surface area (TPSA) is 21.3 Å². The van der Waals surface area contributed by atoms with Gasteiger partial charge in [0.05, 0.1) is 12.7 Å². The van der Waals surface area contributed by atoms with Gasteiger partial charge in [0.25, 0.3) is 0 Å². The van der Waals surface area contributed by atoms with Crippen LogP contribution >= 0.6 is 15.9 Å². The van der Waals surface area contributed by atoms with E-state index in [0.29, 0.717) is 12.7 Å². The Bertz CT molecular complexity index is 300. The van der Waals surface area contributed by atoms with Crippen LogP contribution in [0.5, 0.6) is 0 Å². The number of benzene rings is 1. The first-order chi connectivity index (χ1) is 8.22. The average molecular weight is 300 g/mol. The Morgan fingerprint density at radius 2 is 2.00 bits per heavy atom. The molecule has 0 saturated heterocycles. The van der Waals surface area contributed by atoms with Gasteiger partial charge in [-0.2, -0.15) is 0 Å². The average Bonchev–Trinajstić information content (AvgIpc) is 2.34. The zero-order valence-corrected chi connectivity index (χ0v) is 12.3. The van der Waals surface area contributed by atoms with Gasteiger partial charge in [0.15, 0.2) is 0 Å². The highest BCUT2D eigenvalue weighted by Gasteiger charge is 2.02. The molecule has 0 saturated carbocycles. The summed E-state index contributed by atoms with van der Waals surface area (Å²) in [7, 11) is 0. The van der Waals surface area contributed by atoms with Crippen LogP contribution in [0.15, 0.2) is 28.7 Å². The summed E-state index contributed by atoms with van der Waals surface area (Å²) in [5.41, 5.74) is 1.23. The van der Waals surface area contributed by atoms with Crippen LogP contribution in [0.4, 0.5) is 0 Å². The Labute approximate surface area is 113 Å². The number of ether oxygens (including phenoxy) is 1. The van der Waals surface area contributed by atoms with Crippen molar-refractivity contribution in [3.8, 4) is 0 Å². The fourth-order valence-corrected chi connectivity index (χ4v) is 1.86. The van der Waals surface area contributed by atoms with Gasteiger partial charge in [0, 0.05) is 4.47 Å². The lowest BCUT2D eigenvalue weighted by Gasteiger charge is -2.13. The molecule has 0 aliphatic rings. The minimum atomic E-state index is 0.331. The molecule has 0 heterocycles. The molecule has 0 radical (unpaired) electrons. The number of rotatable bonds is 8. The van der Waals surface area contributed by atoms with Crippen molar-refractivity contribution >= 4 is 15.9 Å². The van der Waals surface area contributed by atoms with Crippen LogP contribution in [0.25, 0.3) is 0 Å². The van der Waals surface area contributed by atoms with Crippen molar-refractivity contribution < 1.29 is 4.74 Å². The second-order valence-electron chi connectivity index (χ2n) is 4.24. The van der Waals surface area contributed by atoms with Crippen LogP contribution in [0, 0.1) is 0 Å². The van der Waals surface area contributed by atoms with Crippen molar-refractivity contribution in [1.29, 1.82) is 0 Å². The third-order valence-corrected chi connectivity index (χ3v) is 3.19. The monoisotopic (exact) mass is 299 g/mol. The molecule has 2 nitrogen and oxygen atoms in total. The van der Waals surface area contributed by atoms with Crippen molar-refractivity contribution in [1.82, 2.24) is 5.32 Å². The largest absolute Gasteiger partial charge is 0.374 e. The Balaban J connectivity index is 2.14. The number of hydrogen-bond donors (Lipinski definition) is 1. The maximum Gasteiger partial charge on any atom is 0.0720 e. The Morgan fingerprint density at radius 3 is 2.65 bits per heavy atom. The molecule has 0 bridgehead atoms. The van der Waals surface area contributed by atoms with Crippen LogP contribution < -0.4 is 5.32 Å². The molecule has 0 aliphatic heterocycles. The van der Waals surface area contributed by atoms with E-state index in [-0.39, 0.29) is 0 Å². The lowest BCUT2D eigenvalue weighted by Crippen LogP contribution is -2.16. The number of halogens is 1. The molecule has 0 aromatic heterocycles. The molecule has 1 aromatic carbocycles. The molecule has 0 amide bonds. The van der Waals surface area contributed by atoms with Crippen molar-refractivity contribution in [2.75, 3.05) is 13.1 Å². The van der Waals surface area contributed by atoms with E-state index in [4.69, 9.17) is 4.74 Å². The molecule has 1 N–H and O–H groups in total. The Morgan fingerprint density at radius 1 is 1.29 bits per heavy atom. The minimum absolute atomic E-state index is 0.331. The van der Waals surface area contributed by atoms with Gasteiger partial charge in [-0.3, -0.25) is 0 Å². The van der Waals surface area contributed by atoms with Gasteiger partial charge in [-0.05, 0) is 50.6 Å². The van der Waals surface area contributed by atoms with E-state index in [1.165, 1.54) is 12.0 Å². The van der Waals surface area contributed by atoms with Crippen molar-refractivity contribution in [3.05, 3.63) is 34.3 Å². The fourth-order valence-electron chi connectivity index (χ4n) is 1.59. The molecule has 1 atom stereocenters. The molecule has 96 valence electrons. The number of nitrogens with one attached hydrogen (secondary N) is 1. The molecule has 0 spiro atoms. The molecule has 1 unspecified atom stereocenters. The van der Waals surface area contributed by atoms with E-state index in [1.807, 2.05) is 0 Å². The van der Waals surface area contributed by atoms with Gasteiger partial charge >= 0.3 is 0 Å². The first-order valence-corrected chi connectivity index (χ1v) is 7.08. The third kappa shape index (κ3) is 6.81. The van der Waals surface area contributed by atoms with Crippen molar-refractivity contribution in [2.45, 2.75) is 39.4 Å². The van der Waals surface area contributed by atoms with E-state index in [9.17, 15) is 0 Å². The predicted molar refractivity (Wildman–Crippen MR) is 76.2 cm³/mol. The smallest absolute Gasteiger partial charge is 0.0720 e. The molecule has 17 heavy (non-hydrogen) atoms. The standard InChI is InChI=1S/C14H22BrNO/c1-3-16-10-4-5-12(2)17-11-13-6-8-14(15)9-7-13/h6-9,12,16H,3-5,10-11H2,1-2H3. The predicted octanol–water partition coefficient (Wildman–Crippen LogP) is 3.74. The number of hydrogen-bond acceptors (Lipinski definition) is 2. The molecular weight excluding hydrogens is 278 g/mol. The fraction of sp³-hybridized carbons (Fsp3) is 0.571. The van der Waals surface area contributed by atoms with E-state index < -0.39 is 0 Å². The zero-order valence-electron chi connectivity index (χ0n) is 10.7. The molecule has 0 aliphatic carbocycles. The van der Waals surface area contributed by atoms with Crippen LogP contribution in [-0.4, -0.2) is 19.2 Å². The Hall–Kier alpha value is -0.380. The van der Waals surface area contributed by atoms with Crippen molar-refractivity contribution in [3.63, 3.8) is 0 Å². The summed E-state index contributed by atoms with van der Waals surface area (Å²) >= 11 is 3.43. The van der Waals surface area contributed by atoms with Crippen LogP contribution in [0.3, 0.4) is 0 Å². The normalized spacial score (nSPS) is 12.6. The second-order valence-corrected chi connectivity index (χ2v) is 5.16. The summed E-state index contributed by atoms with van der Waals surface area (Å²) in [6.45, 7) is 7.12. The zero-order chi connectivity index (χ0) is 12.5. The summed E-state index contributed by atoms with van der Waals surface area (Å²) in [5.74, 6) is 0. The van der Waals surface area contributed by atoms with E-state index in [0.717, 1.165) is 24.0 Å². The van der Waals surface area contributed by atoms with Crippen LogP contribution in [0.1, 0.15) is 32.3 Å². The highest BCUT2D eigenvalue weighted by molar-refractivity contribution is 9.10. The lowest BCUT2D eigenvalue weighted by atomic mass is 10.2. The van der Waals surface area contributed by atoms with Gasteiger partial charge in [0.1, 0.15) is 0 Å². The summed E-state index contributed by atoms with van der Waals surface area (Å²) in [5, 5.41) is 3.32. The van der Waals surface area contributed by atoms with E-state index in [2.05, 4.69) is 59.4 Å². The summed E-state index contributed by atoms with van der Waals surface area (Å²) in [4.78, 5) is 0. The molecular formula is C14H22BrNO. The minimum Gasteiger partial charge on any atom is -0.374 e. The summed E-state index contributed by atoms with van der Waals surface area (Å²) in [6.07, 6.45) is 2.62. The SMILES string of the molecule is CCNCCCC(C)OCc1ccc(Br)cc1. The quantitative estimate of drug-likeness (QED) is 0.738. The lowest BCUT2D eigenvalue weighted by molar-refractivity contribution is 0.0464. The Kier molecular flexibility index (Phi) is 7.49. The maximum atomic E-state index is 5.81. The molecule has 0 fully saturated rings. The molecule has 1 aromatic rings. The highest BCUT2D eigenvalue weighted by Crippen LogP contribution is 2.12. The van der Waals surface area contributed by atoms with Gasteiger partial charge in [-0.15, -0.1) is 0 Å². The third-order valence-electron chi connectivity index (χ3n) is 2.66. The van der Waals surface area contributed by atoms with Gasteiger partial charge in [0.2, 0.25) is 0 Å². The summed E-state index contributed by atoms with van der Waals surface area (Å²) < 4.78 is 6.92. The molecule has 3 heteroatoms. The van der Waals surface area contributed by atoms with Crippen LogP contribution in [-0.2, 0) is 11.3 Å². The highest BCUT2D eigenvalue weighted by atomic mass is 79.9. The molecule has 1 rings (SSSR count). The van der Waals surface area contributed by atoms with E-state index >= 15 is 0 Å². The first-order valence-electron chi connectivity index (χ1n) is 6.29. The van der Waals surface area contributed by atoms with Gasteiger partial charge in [-0.1, -0.05) is 35.0 Å². The first kappa shape index (κ1) is 14.7. The van der Waals surface area contributed by atoms with Crippen molar-refractivity contribution in [2.24, 2.45) is 0 Å². The van der Waals surface area contributed by atoms with Gasteiger partial charge < -0.3 is 10.1 Å². The van der Waals surface area contributed by atoms with E-state index in [1.54, 1.807) is 0 Å². The van der Waals surface area contributed by atoms with Gasteiger partial charge in [-0.25, -0.2) is 0 Å². The summed E-state index contributed by atoms with van der Waals surface area (Å²) in [6, 6.07) is 8.29.